The van der Waals surface area contributed by atoms with Crippen LogP contribution in [-0.2, 0) is 44.8 Å². The van der Waals surface area contributed by atoms with Crippen LogP contribution in [0.1, 0.15) is 77.6 Å². The molecule has 9 rings (SSSR count). The Morgan fingerprint density at radius 2 is 1.94 bits per heavy atom. The second-order valence-corrected chi connectivity index (χ2v) is 19.3. The van der Waals surface area contributed by atoms with Gasteiger partial charge in [-0.05, 0) is 110 Å². The van der Waals surface area contributed by atoms with E-state index >= 15 is 0 Å². The zero-order chi connectivity index (χ0) is 47.3. The van der Waals surface area contributed by atoms with Gasteiger partial charge in [0.1, 0.15) is 42.3 Å². The van der Waals surface area contributed by atoms with E-state index in [0.717, 1.165) is 16.7 Å². The summed E-state index contributed by atoms with van der Waals surface area (Å²) in [6.07, 6.45) is 11.4. The molecule has 13 unspecified atom stereocenters. The van der Waals surface area contributed by atoms with Crippen molar-refractivity contribution in [2.45, 2.75) is 119 Å². The highest BCUT2D eigenvalue weighted by molar-refractivity contribution is 5.87. The van der Waals surface area contributed by atoms with Crippen LogP contribution in [0.3, 0.4) is 0 Å². The maximum atomic E-state index is 12.6. The fraction of sp³-hybridized carbons (Fsp3) is 0.509. The van der Waals surface area contributed by atoms with Gasteiger partial charge in [-0.2, -0.15) is 5.26 Å². The van der Waals surface area contributed by atoms with E-state index in [4.69, 9.17) is 23.7 Å². The van der Waals surface area contributed by atoms with Gasteiger partial charge in [-0.3, -0.25) is 0 Å². The third-order valence-corrected chi connectivity index (χ3v) is 14.7. The van der Waals surface area contributed by atoms with Crippen LogP contribution in [0, 0.1) is 52.4 Å². The minimum atomic E-state index is -1.81. The average Bonchev–Trinajstić information content (AvgIpc) is 3.86. The fourth-order valence-corrected chi connectivity index (χ4v) is 11.5. The van der Waals surface area contributed by atoms with Crippen molar-refractivity contribution in [1.29, 1.82) is 5.26 Å². The molecule has 6 aliphatic rings. The van der Waals surface area contributed by atoms with E-state index in [1.54, 1.807) is 31.5 Å². The number of carboxylic acids is 1. The highest BCUT2D eigenvalue weighted by atomic mass is 16.7. The second kappa shape index (κ2) is 20.4. The van der Waals surface area contributed by atoms with Crippen molar-refractivity contribution < 1.29 is 59.1 Å². The van der Waals surface area contributed by atoms with Crippen molar-refractivity contribution in [2.24, 2.45) is 29.1 Å². The highest BCUT2D eigenvalue weighted by Crippen LogP contribution is 2.58. The number of carbonyl (C=O) groups is 1. The Morgan fingerprint density at radius 1 is 1.12 bits per heavy atom. The Bertz CT molecular complexity index is 2400. The van der Waals surface area contributed by atoms with Gasteiger partial charge in [0, 0.05) is 68.7 Å². The van der Waals surface area contributed by atoms with Gasteiger partial charge in [0.25, 0.3) is 0 Å². The van der Waals surface area contributed by atoms with Crippen LogP contribution < -0.4 is 4.74 Å². The number of methoxy groups -OCH3 is 1. The van der Waals surface area contributed by atoms with Gasteiger partial charge in [0.2, 0.25) is 6.29 Å². The van der Waals surface area contributed by atoms with Gasteiger partial charge in [-0.1, -0.05) is 42.3 Å². The molecule has 356 valence electrons. The number of hydrogen-bond donors (Lipinski definition) is 6. The quantitative estimate of drug-likeness (QED) is 0.0803. The van der Waals surface area contributed by atoms with E-state index in [-0.39, 0.29) is 55.6 Å². The van der Waals surface area contributed by atoms with Gasteiger partial charge in [0.15, 0.2) is 5.60 Å². The molecule has 1 aromatic heterocycles. The van der Waals surface area contributed by atoms with E-state index < -0.39 is 65.3 Å². The van der Waals surface area contributed by atoms with Gasteiger partial charge in [-0.15, -0.1) is 6.58 Å². The lowest BCUT2D eigenvalue weighted by molar-refractivity contribution is -0.334. The molecule has 5 heterocycles. The molecule has 2 aliphatic carbocycles. The monoisotopic (exact) mass is 918 g/mol. The van der Waals surface area contributed by atoms with E-state index in [2.05, 4.69) is 24.7 Å². The predicted octanol–water partition coefficient (Wildman–Crippen LogP) is 5.24. The van der Waals surface area contributed by atoms with Crippen LogP contribution in [0.25, 0.3) is 0 Å². The molecule has 1 saturated heterocycles. The standard InChI is InChI=1S/C53H62N2O12/c1-3-6-38-13-14-42(26-40(38)24-37(32-63-2)31-55-19-16-35(29-54)30-55)66-50-53-28-43(44(57)7-5-21-64-45(8-4-20-56)47(67-50)46(58)48(53)59)51(18-22-65-53)17-15-41-25-36(27-52(41,62)33-51)23-34-9-11-39(12-10-34)49(60)61/h3,9-19,22,26,30,36-37,41,43-48,50,56-59,62H,1,4,6-8,20,23-25,27-28,31-33H2,2H3,(H,60,61). The normalized spacial score (nSPS) is 33.4. The molecule has 0 radical (unpaired) electrons. The first kappa shape index (κ1) is 48.1. The Hall–Kier alpha value is -5.42. The molecule has 14 nitrogen and oxygen atoms in total. The Balaban J connectivity index is 1.13. The van der Waals surface area contributed by atoms with Crippen LogP contribution in [-0.4, -0.2) is 110 Å². The number of fused-ring (bicyclic) bond motifs is 7. The van der Waals surface area contributed by atoms with Crippen molar-refractivity contribution in [3.05, 3.63) is 126 Å². The summed E-state index contributed by atoms with van der Waals surface area (Å²) in [4.78, 5) is 11.5. The number of aliphatic hydroxyl groups excluding tert-OH is 4. The lowest BCUT2D eigenvalue weighted by Crippen LogP contribution is -2.70. The summed E-state index contributed by atoms with van der Waals surface area (Å²) in [5.41, 5.74) is -0.255. The molecular weight excluding hydrogens is 857 g/mol. The first-order valence-electron chi connectivity index (χ1n) is 23.3. The van der Waals surface area contributed by atoms with E-state index in [9.17, 15) is 40.7 Å². The van der Waals surface area contributed by atoms with Crippen molar-refractivity contribution in [3.63, 3.8) is 0 Å². The van der Waals surface area contributed by atoms with E-state index in [0.29, 0.717) is 63.0 Å². The lowest BCUT2D eigenvalue weighted by Gasteiger charge is -2.53. The van der Waals surface area contributed by atoms with E-state index in [1.165, 1.54) is 6.26 Å². The van der Waals surface area contributed by atoms with Crippen LogP contribution in [0.15, 0.2) is 98.1 Å². The average molecular weight is 919 g/mol. The van der Waals surface area contributed by atoms with Crippen LogP contribution in [0.4, 0.5) is 0 Å². The topological polar surface area (TPSA) is 213 Å². The summed E-state index contributed by atoms with van der Waals surface area (Å²) in [5.74, 6) is 1.55. The first-order valence-corrected chi connectivity index (χ1v) is 23.3. The Labute approximate surface area is 391 Å². The van der Waals surface area contributed by atoms with Crippen LogP contribution in [0.5, 0.6) is 5.75 Å². The number of ether oxygens (including phenoxy) is 5. The molecule has 4 aliphatic heterocycles. The van der Waals surface area contributed by atoms with Crippen molar-refractivity contribution in [3.8, 4) is 23.8 Å². The summed E-state index contributed by atoms with van der Waals surface area (Å²) in [6, 6.07) is 16.5. The molecule has 2 fully saturated rings. The number of allylic oxidation sites excluding steroid dienone is 3. The Kier molecular flexibility index (Phi) is 14.7. The maximum absolute atomic E-state index is 12.6. The van der Waals surface area contributed by atoms with Gasteiger partial charge in [-0.25, -0.2) is 4.79 Å². The summed E-state index contributed by atoms with van der Waals surface area (Å²) in [7, 11) is 1.65. The number of benzene rings is 2. The number of nitriles is 1. The molecule has 13 atom stereocenters. The number of carboxylic acid groups (broad SMARTS) is 1. The Morgan fingerprint density at radius 3 is 2.67 bits per heavy atom. The van der Waals surface area contributed by atoms with Crippen LogP contribution in [0.2, 0.25) is 0 Å². The SMILES string of the molecule is C=CCc1ccc(OC2OC3C(CCCO)OC#CCC(O)C4CC2(OC=CC42C=CC4CC(Cc5ccc(C(=O)O)cc5)CC4(O)C2)C(O)C3O)cc1CC(COC)Cn1ccc(C#N)c1. The molecule has 1 saturated carbocycles. The second-order valence-electron chi connectivity index (χ2n) is 19.3. The van der Waals surface area contributed by atoms with Gasteiger partial charge < -0.3 is 58.9 Å². The van der Waals surface area contributed by atoms with Crippen LogP contribution >= 0.6 is 0 Å². The highest BCUT2D eigenvalue weighted by Gasteiger charge is 2.65. The van der Waals surface area contributed by atoms with E-state index in [1.807, 2.05) is 65.4 Å². The molecular formula is C53H62N2O12. The summed E-state index contributed by atoms with van der Waals surface area (Å²) in [5, 5.41) is 78.1. The summed E-state index contributed by atoms with van der Waals surface area (Å²) >= 11 is 0. The smallest absolute Gasteiger partial charge is 0.335 e. The zero-order valence-corrected chi connectivity index (χ0v) is 37.9. The number of aromatic carboxylic acids is 1. The number of aliphatic hydroxyl groups is 5. The molecule has 14 heteroatoms. The summed E-state index contributed by atoms with van der Waals surface area (Å²) in [6.45, 7) is 4.85. The van der Waals surface area contributed by atoms with Crippen molar-refractivity contribution >= 4 is 5.97 Å². The molecule has 2 aromatic carbocycles. The number of rotatable bonds is 16. The molecule has 3 bridgehead atoms. The third kappa shape index (κ3) is 10.1. The minimum Gasteiger partial charge on any atom is -0.486 e. The predicted molar refractivity (Wildman–Crippen MR) is 245 cm³/mol. The number of hydrogen-bond acceptors (Lipinski definition) is 12. The van der Waals surface area contributed by atoms with Gasteiger partial charge >= 0.3 is 5.97 Å². The number of aromatic nitrogens is 1. The van der Waals surface area contributed by atoms with Crippen molar-refractivity contribution in [1.82, 2.24) is 4.57 Å². The summed E-state index contributed by atoms with van der Waals surface area (Å²) < 4.78 is 33.9. The van der Waals surface area contributed by atoms with Crippen molar-refractivity contribution in [2.75, 3.05) is 20.3 Å². The largest absolute Gasteiger partial charge is 0.486 e. The van der Waals surface area contributed by atoms with Gasteiger partial charge in [0.05, 0.1) is 35.7 Å². The third-order valence-electron chi connectivity index (χ3n) is 14.7. The molecule has 67 heavy (non-hydrogen) atoms. The molecule has 0 amide bonds. The fourth-order valence-electron chi connectivity index (χ4n) is 11.5. The maximum Gasteiger partial charge on any atom is 0.335 e. The lowest BCUT2D eigenvalue weighted by atomic mass is 9.58. The molecule has 3 aromatic rings. The number of nitrogens with zero attached hydrogens (tertiary/aromatic N) is 2. The zero-order valence-electron chi connectivity index (χ0n) is 37.9. The first-order chi connectivity index (χ1) is 32.3. The molecule has 2 spiro atoms. The molecule has 6 N–H and O–H groups in total. The minimum absolute atomic E-state index is 0.00435.